The van der Waals surface area contributed by atoms with E-state index in [1.807, 2.05) is 18.2 Å². The number of anilines is 1. The van der Waals surface area contributed by atoms with Gasteiger partial charge in [0, 0.05) is 18.8 Å². The van der Waals surface area contributed by atoms with Gasteiger partial charge in [0.15, 0.2) is 0 Å². The van der Waals surface area contributed by atoms with Gasteiger partial charge < -0.3 is 4.90 Å². The van der Waals surface area contributed by atoms with Crippen molar-refractivity contribution >= 4 is 12.0 Å². The molecular formula is C14H13FN2O. The van der Waals surface area contributed by atoms with Gasteiger partial charge in [-0.3, -0.25) is 9.78 Å². The smallest absolute Gasteiger partial charge is 0.150 e. The second-order valence-electron chi connectivity index (χ2n) is 4.01. The number of nitrogens with zero attached hydrogens (tertiary/aromatic N) is 2. The summed E-state index contributed by atoms with van der Waals surface area (Å²) < 4.78 is 13.8. The Morgan fingerprint density at radius 2 is 2.17 bits per heavy atom. The largest absolute Gasteiger partial charge is 0.366 e. The van der Waals surface area contributed by atoms with Crippen LogP contribution in [0.1, 0.15) is 16.1 Å². The monoisotopic (exact) mass is 244 g/mol. The molecule has 0 spiro atoms. The molecule has 0 aliphatic rings. The first-order chi connectivity index (χ1) is 8.70. The first-order valence-corrected chi connectivity index (χ1v) is 5.56. The summed E-state index contributed by atoms with van der Waals surface area (Å²) in [6.45, 7) is 0.512. The van der Waals surface area contributed by atoms with Crippen LogP contribution in [0.25, 0.3) is 0 Å². The van der Waals surface area contributed by atoms with Gasteiger partial charge in [0.2, 0.25) is 0 Å². The number of halogens is 1. The number of pyridine rings is 1. The molecule has 92 valence electrons. The normalized spacial score (nSPS) is 10.1. The molecule has 0 amide bonds. The molecule has 1 heterocycles. The van der Waals surface area contributed by atoms with Gasteiger partial charge in [-0.2, -0.15) is 0 Å². The van der Waals surface area contributed by atoms with Crippen molar-refractivity contribution in [1.82, 2.24) is 4.98 Å². The Kier molecular flexibility index (Phi) is 3.67. The molecule has 0 atom stereocenters. The molecule has 1 aromatic heterocycles. The second kappa shape index (κ2) is 5.40. The maximum atomic E-state index is 13.8. The summed E-state index contributed by atoms with van der Waals surface area (Å²) in [6, 6.07) is 10.0. The van der Waals surface area contributed by atoms with Crippen LogP contribution in [0.15, 0.2) is 42.6 Å². The fraction of sp³-hybridized carbons (Fsp3) is 0.143. The number of carbonyl (C=O) groups is 1. The molecule has 0 aliphatic carbocycles. The molecule has 2 aromatic rings. The Balaban J connectivity index is 2.19. The number of rotatable bonds is 4. The Hall–Kier alpha value is -2.23. The topological polar surface area (TPSA) is 33.2 Å². The highest BCUT2D eigenvalue weighted by Crippen LogP contribution is 2.20. The third-order valence-corrected chi connectivity index (χ3v) is 2.64. The summed E-state index contributed by atoms with van der Waals surface area (Å²) in [6.07, 6.45) is 2.33. The third-order valence-electron chi connectivity index (χ3n) is 2.64. The summed E-state index contributed by atoms with van der Waals surface area (Å²) in [7, 11) is 1.79. The molecule has 0 aliphatic heterocycles. The van der Waals surface area contributed by atoms with Crippen molar-refractivity contribution in [3.05, 3.63) is 59.7 Å². The van der Waals surface area contributed by atoms with E-state index in [9.17, 15) is 9.18 Å². The van der Waals surface area contributed by atoms with Crippen LogP contribution in [0, 0.1) is 5.82 Å². The minimum absolute atomic E-state index is 0.336. The molecule has 1 aromatic carbocycles. The quantitative estimate of drug-likeness (QED) is 0.775. The number of hydrogen-bond acceptors (Lipinski definition) is 3. The molecule has 0 fully saturated rings. The minimum atomic E-state index is -0.405. The SMILES string of the molecule is CN(Cc1ccccn1)c1ccc(C=O)cc1F. The number of benzene rings is 1. The van der Waals surface area contributed by atoms with Crippen LogP contribution in [0.4, 0.5) is 10.1 Å². The predicted molar refractivity (Wildman–Crippen MR) is 68.1 cm³/mol. The van der Waals surface area contributed by atoms with Crippen molar-refractivity contribution in [2.45, 2.75) is 6.54 Å². The van der Waals surface area contributed by atoms with E-state index in [1.165, 1.54) is 6.07 Å². The van der Waals surface area contributed by atoms with Gasteiger partial charge in [0.1, 0.15) is 12.1 Å². The molecular weight excluding hydrogens is 231 g/mol. The zero-order valence-electron chi connectivity index (χ0n) is 10.0. The van der Waals surface area contributed by atoms with Crippen molar-refractivity contribution in [3.8, 4) is 0 Å². The van der Waals surface area contributed by atoms with Gasteiger partial charge >= 0.3 is 0 Å². The van der Waals surface area contributed by atoms with Crippen LogP contribution in [0.3, 0.4) is 0 Å². The third kappa shape index (κ3) is 2.71. The maximum absolute atomic E-state index is 13.8. The molecule has 0 bridgehead atoms. The van der Waals surface area contributed by atoms with Gasteiger partial charge in [-0.05, 0) is 30.3 Å². The molecule has 0 saturated carbocycles. The van der Waals surface area contributed by atoms with Crippen molar-refractivity contribution in [3.63, 3.8) is 0 Å². The van der Waals surface area contributed by atoms with Crippen molar-refractivity contribution in [2.75, 3.05) is 11.9 Å². The Labute approximate surface area is 105 Å². The first kappa shape index (κ1) is 12.2. The zero-order chi connectivity index (χ0) is 13.0. The molecule has 0 unspecified atom stereocenters. The average molecular weight is 244 g/mol. The standard InChI is InChI=1S/C14H13FN2O/c1-17(9-12-4-2-3-7-16-12)14-6-5-11(10-18)8-13(14)15/h2-8,10H,9H2,1H3. The molecule has 0 radical (unpaired) electrons. The predicted octanol–water partition coefficient (Wildman–Crippen LogP) is 2.67. The average Bonchev–Trinajstić information content (AvgIpc) is 2.39. The lowest BCUT2D eigenvalue weighted by atomic mass is 10.2. The van der Waals surface area contributed by atoms with E-state index >= 15 is 0 Å². The van der Waals surface area contributed by atoms with Gasteiger partial charge in [-0.1, -0.05) is 6.07 Å². The summed E-state index contributed by atoms with van der Waals surface area (Å²) in [5, 5.41) is 0. The number of aromatic nitrogens is 1. The van der Waals surface area contributed by atoms with Crippen LogP contribution in [0.2, 0.25) is 0 Å². The summed E-state index contributed by atoms with van der Waals surface area (Å²) >= 11 is 0. The van der Waals surface area contributed by atoms with Crippen LogP contribution >= 0.6 is 0 Å². The number of hydrogen-bond donors (Lipinski definition) is 0. The summed E-state index contributed by atoms with van der Waals surface area (Å²) in [5.41, 5.74) is 1.65. The van der Waals surface area contributed by atoms with Crippen molar-refractivity contribution in [1.29, 1.82) is 0 Å². The highest BCUT2D eigenvalue weighted by Gasteiger charge is 2.09. The van der Waals surface area contributed by atoms with E-state index in [2.05, 4.69) is 4.98 Å². The lowest BCUT2D eigenvalue weighted by Crippen LogP contribution is -2.18. The van der Waals surface area contributed by atoms with Crippen molar-refractivity contribution < 1.29 is 9.18 Å². The van der Waals surface area contributed by atoms with Crippen LogP contribution in [-0.4, -0.2) is 18.3 Å². The summed E-state index contributed by atoms with van der Waals surface area (Å²) in [4.78, 5) is 16.5. The van der Waals surface area contributed by atoms with Gasteiger partial charge in [-0.25, -0.2) is 4.39 Å². The lowest BCUT2D eigenvalue weighted by molar-refractivity contribution is 0.112. The maximum Gasteiger partial charge on any atom is 0.150 e. The Morgan fingerprint density at radius 3 is 2.78 bits per heavy atom. The number of aldehydes is 1. The second-order valence-corrected chi connectivity index (χ2v) is 4.01. The first-order valence-electron chi connectivity index (χ1n) is 5.56. The van der Waals surface area contributed by atoms with E-state index in [-0.39, 0.29) is 0 Å². The lowest BCUT2D eigenvalue weighted by Gasteiger charge is -2.19. The van der Waals surface area contributed by atoms with Crippen LogP contribution < -0.4 is 4.90 Å². The molecule has 3 nitrogen and oxygen atoms in total. The molecule has 0 saturated heterocycles. The molecule has 0 N–H and O–H groups in total. The van der Waals surface area contributed by atoms with Gasteiger partial charge in [0.25, 0.3) is 0 Å². The van der Waals surface area contributed by atoms with Crippen LogP contribution in [0.5, 0.6) is 0 Å². The fourth-order valence-corrected chi connectivity index (χ4v) is 1.73. The fourth-order valence-electron chi connectivity index (χ4n) is 1.73. The van der Waals surface area contributed by atoms with Gasteiger partial charge in [0.05, 0.1) is 17.9 Å². The van der Waals surface area contributed by atoms with E-state index in [1.54, 1.807) is 30.3 Å². The molecule has 18 heavy (non-hydrogen) atoms. The van der Waals surface area contributed by atoms with E-state index in [4.69, 9.17) is 0 Å². The molecule has 2 rings (SSSR count). The van der Waals surface area contributed by atoms with E-state index in [0.29, 0.717) is 24.1 Å². The zero-order valence-corrected chi connectivity index (χ0v) is 10.0. The van der Waals surface area contributed by atoms with Crippen LogP contribution in [-0.2, 0) is 6.54 Å². The highest BCUT2D eigenvalue weighted by atomic mass is 19.1. The Morgan fingerprint density at radius 1 is 1.33 bits per heavy atom. The van der Waals surface area contributed by atoms with Gasteiger partial charge in [-0.15, -0.1) is 0 Å². The molecule has 4 heteroatoms. The number of carbonyl (C=O) groups excluding carboxylic acids is 1. The summed E-state index contributed by atoms with van der Waals surface area (Å²) in [5.74, 6) is -0.405. The van der Waals surface area contributed by atoms with E-state index in [0.717, 1.165) is 5.69 Å². The minimum Gasteiger partial charge on any atom is -0.366 e. The Bertz CT molecular complexity index is 543. The highest BCUT2D eigenvalue weighted by molar-refractivity contribution is 5.75. The van der Waals surface area contributed by atoms with E-state index < -0.39 is 5.82 Å². The van der Waals surface area contributed by atoms with Crippen molar-refractivity contribution in [2.24, 2.45) is 0 Å².